The zero-order valence-corrected chi connectivity index (χ0v) is 14.6. The molecule has 0 fully saturated rings. The minimum atomic E-state index is -0.575. The third-order valence-electron chi connectivity index (χ3n) is 3.29. The second-order valence-electron chi connectivity index (χ2n) is 4.91. The van der Waals surface area contributed by atoms with Gasteiger partial charge in [-0.25, -0.2) is 0 Å². The number of ether oxygens (including phenoxy) is 1. The molecule has 0 aliphatic rings. The topological polar surface area (TPSA) is 109 Å². The summed E-state index contributed by atoms with van der Waals surface area (Å²) in [7, 11) is 1.59. The van der Waals surface area contributed by atoms with Crippen molar-refractivity contribution in [3.63, 3.8) is 0 Å². The van der Waals surface area contributed by atoms with Gasteiger partial charge in [0.05, 0.1) is 12.8 Å². The Morgan fingerprint density at radius 1 is 1.12 bits per heavy atom. The van der Waals surface area contributed by atoms with Crippen LogP contribution in [0.3, 0.4) is 0 Å². The molecule has 0 bridgehead atoms. The summed E-state index contributed by atoms with van der Waals surface area (Å²) in [6, 6.07) is 11.9. The van der Waals surface area contributed by atoms with Crippen LogP contribution in [0.1, 0.15) is 21.0 Å². The molecule has 9 heteroatoms. The maximum atomic E-state index is 12.1. The maximum absolute atomic E-state index is 12.1. The molecule has 2 heterocycles. The van der Waals surface area contributed by atoms with Gasteiger partial charge < -0.3 is 9.15 Å². The minimum Gasteiger partial charge on any atom is -0.497 e. The number of carbonyl (C=O) groups excluding carboxylic acids is 2. The molecule has 0 saturated carbocycles. The van der Waals surface area contributed by atoms with E-state index in [1.54, 1.807) is 31.4 Å². The third-order valence-corrected chi connectivity index (χ3v) is 3.72. The van der Waals surface area contributed by atoms with E-state index >= 15 is 0 Å². The Hall–Kier alpha value is -3.07. The molecular weight excluding hydrogens is 392 g/mol. The van der Waals surface area contributed by atoms with Crippen LogP contribution in [0, 0.1) is 0 Å². The van der Waals surface area contributed by atoms with Crippen LogP contribution >= 0.6 is 15.9 Å². The first-order valence-corrected chi connectivity index (χ1v) is 7.92. The Balaban J connectivity index is 1.63. The van der Waals surface area contributed by atoms with Crippen LogP contribution in [-0.4, -0.2) is 29.1 Å². The van der Waals surface area contributed by atoms with Gasteiger partial charge in [-0.3, -0.25) is 25.5 Å². The average Bonchev–Trinajstić information content (AvgIpc) is 3.29. The number of H-pyrrole nitrogens is 1. The quantitative estimate of drug-likeness (QED) is 0.578. The predicted octanol–water partition coefficient (Wildman–Crippen LogP) is 2.52. The van der Waals surface area contributed by atoms with Crippen molar-refractivity contribution in [3.05, 3.63) is 58.6 Å². The molecule has 3 N–H and O–H groups in total. The number of nitrogens with zero attached hydrogens (tertiary/aromatic N) is 1. The SMILES string of the molecule is COc1ccc(-c2cc(C(=O)NNC(=O)c3ccc(Br)o3)[nH]n2)cc1. The lowest BCUT2D eigenvalue weighted by molar-refractivity contribution is 0.0827. The number of methoxy groups -OCH3 is 1. The van der Waals surface area contributed by atoms with Gasteiger partial charge in [0.2, 0.25) is 0 Å². The zero-order valence-electron chi connectivity index (χ0n) is 13.0. The van der Waals surface area contributed by atoms with Crippen molar-refractivity contribution in [2.24, 2.45) is 0 Å². The lowest BCUT2D eigenvalue weighted by atomic mass is 10.1. The third kappa shape index (κ3) is 3.89. The van der Waals surface area contributed by atoms with Crippen molar-refractivity contribution in [1.29, 1.82) is 0 Å². The summed E-state index contributed by atoms with van der Waals surface area (Å²) < 4.78 is 10.6. The molecule has 1 aromatic carbocycles. The van der Waals surface area contributed by atoms with E-state index in [1.165, 1.54) is 6.07 Å². The fourth-order valence-electron chi connectivity index (χ4n) is 2.03. The minimum absolute atomic E-state index is 0.0655. The molecular formula is C16H13BrN4O4. The zero-order chi connectivity index (χ0) is 17.8. The fourth-order valence-corrected chi connectivity index (χ4v) is 2.33. The summed E-state index contributed by atoms with van der Waals surface area (Å²) in [5, 5.41) is 6.71. The first kappa shape index (κ1) is 16.8. The number of hydrogen-bond donors (Lipinski definition) is 3. The molecule has 128 valence electrons. The van der Waals surface area contributed by atoms with E-state index < -0.39 is 11.8 Å². The van der Waals surface area contributed by atoms with E-state index in [4.69, 9.17) is 9.15 Å². The first-order valence-electron chi connectivity index (χ1n) is 7.12. The predicted molar refractivity (Wildman–Crippen MR) is 91.9 cm³/mol. The van der Waals surface area contributed by atoms with Crippen LogP contribution < -0.4 is 15.6 Å². The smallest absolute Gasteiger partial charge is 0.305 e. The van der Waals surface area contributed by atoms with Crippen LogP contribution in [0.25, 0.3) is 11.3 Å². The Bertz CT molecular complexity index is 901. The molecule has 2 amide bonds. The molecule has 0 radical (unpaired) electrons. The molecule has 2 aromatic heterocycles. The Kier molecular flexibility index (Phi) is 4.85. The summed E-state index contributed by atoms with van der Waals surface area (Å²) >= 11 is 3.10. The fraction of sp³-hybridized carbons (Fsp3) is 0.0625. The van der Waals surface area contributed by atoms with Crippen molar-refractivity contribution < 1.29 is 18.7 Å². The van der Waals surface area contributed by atoms with Crippen molar-refractivity contribution in [3.8, 4) is 17.0 Å². The number of rotatable bonds is 4. The number of benzene rings is 1. The van der Waals surface area contributed by atoms with Gasteiger partial charge in [0.15, 0.2) is 10.4 Å². The van der Waals surface area contributed by atoms with Gasteiger partial charge in [-0.1, -0.05) is 0 Å². The summed E-state index contributed by atoms with van der Waals surface area (Å²) in [5.74, 6) is -0.319. The highest BCUT2D eigenvalue weighted by Gasteiger charge is 2.14. The highest BCUT2D eigenvalue weighted by atomic mass is 79.9. The van der Waals surface area contributed by atoms with Crippen LogP contribution in [0.4, 0.5) is 0 Å². The summed E-state index contributed by atoms with van der Waals surface area (Å²) in [6.45, 7) is 0. The number of hydrogen-bond acceptors (Lipinski definition) is 5. The number of hydrazine groups is 1. The van der Waals surface area contributed by atoms with Gasteiger partial charge in [-0.05, 0) is 58.4 Å². The average molecular weight is 405 g/mol. The molecule has 0 unspecified atom stereocenters. The van der Waals surface area contributed by atoms with Crippen molar-refractivity contribution in [2.75, 3.05) is 7.11 Å². The normalized spacial score (nSPS) is 10.3. The number of furan rings is 1. The van der Waals surface area contributed by atoms with Gasteiger partial charge in [-0.15, -0.1) is 0 Å². The molecule has 0 atom stereocenters. The Morgan fingerprint density at radius 2 is 1.84 bits per heavy atom. The molecule has 0 saturated heterocycles. The Morgan fingerprint density at radius 3 is 2.48 bits per heavy atom. The van der Waals surface area contributed by atoms with E-state index in [-0.39, 0.29) is 11.5 Å². The van der Waals surface area contributed by atoms with E-state index in [2.05, 4.69) is 37.0 Å². The molecule has 3 rings (SSSR count). The van der Waals surface area contributed by atoms with Gasteiger partial charge in [0.25, 0.3) is 5.91 Å². The van der Waals surface area contributed by atoms with Crippen LogP contribution in [0.15, 0.2) is 51.6 Å². The van der Waals surface area contributed by atoms with Crippen LogP contribution in [-0.2, 0) is 0 Å². The first-order chi connectivity index (χ1) is 12.1. The number of carbonyl (C=O) groups is 2. The molecule has 3 aromatic rings. The summed E-state index contributed by atoms with van der Waals surface area (Å²) in [6.07, 6.45) is 0. The van der Waals surface area contributed by atoms with E-state index in [9.17, 15) is 9.59 Å². The van der Waals surface area contributed by atoms with E-state index in [1.807, 2.05) is 12.1 Å². The van der Waals surface area contributed by atoms with Gasteiger partial charge in [0, 0.05) is 5.56 Å². The maximum Gasteiger partial charge on any atom is 0.305 e. The highest BCUT2D eigenvalue weighted by Crippen LogP contribution is 2.21. The number of aromatic amines is 1. The molecule has 8 nitrogen and oxygen atoms in total. The van der Waals surface area contributed by atoms with Crippen molar-refractivity contribution >= 4 is 27.7 Å². The summed E-state index contributed by atoms with van der Waals surface area (Å²) in [5.41, 5.74) is 6.15. The highest BCUT2D eigenvalue weighted by molar-refractivity contribution is 9.10. The second kappa shape index (κ2) is 7.22. The number of aromatic nitrogens is 2. The van der Waals surface area contributed by atoms with Crippen molar-refractivity contribution in [1.82, 2.24) is 21.0 Å². The van der Waals surface area contributed by atoms with E-state index in [0.717, 1.165) is 11.3 Å². The number of amides is 2. The van der Waals surface area contributed by atoms with Crippen LogP contribution in [0.2, 0.25) is 0 Å². The molecule has 0 aliphatic carbocycles. The monoisotopic (exact) mass is 404 g/mol. The lowest BCUT2D eigenvalue weighted by Crippen LogP contribution is -2.41. The van der Waals surface area contributed by atoms with Gasteiger partial charge >= 0.3 is 5.91 Å². The Labute approximate surface area is 150 Å². The lowest BCUT2D eigenvalue weighted by Gasteiger charge is -2.03. The second-order valence-corrected chi connectivity index (χ2v) is 5.69. The standard InChI is InChI=1S/C16H13BrN4O4/c1-24-10-4-2-9(3-5-10)11-8-12(19-18-11)15(22)20-21-16(23)13-6-7-14(17)25-13/h2-8H,1H3,(H,18,19)(H,20,22)(H,21,23). The van der Waals surface area contributed by atoms with Gasteiger partial charge in [-0.2, -0.15) is 5.10 Å². The van der Waals surface area contributed by atoms with Gasteiger partial charge in [0.1, 0.15) is 11.4 Å². The number of nitrogens with one attached hydrogen (secondary N) is 3. The number of halogens is 1. The molecule has 25 heavy (non-hydrogen) atoms. The largest absolute Gasteiger partial charge is 0.497 e. The molecule has 0 spiro atoms. The van der Waals surface area contributed by atoms with Crippen molar-refractivity contribution in [2.45, 2.75) is 0 Å². The summed E-state index contributed by atoms with van der Waals surface area (Å²) in [4.78, 5) is 23.9. The molecule has 0 aliphatic heterocycles. The van der Waals surface area contributed by atoms with Crippen LogP contribution in [0.5, 0.6) is 5.75 Å². The van der Waals surface area contributed by atoms with E-state index in [0.29, 0.717) is 10.4 Å².